The molecule has 0 bridgehead atoms. The molecule has 1 saturated carbocycles. The average molecular weight is 398 g/mol. The van der Waals surface area contributed by atoms with E-state index in [1.54, 1.807) is 12.1 Å². The van der Waals surface area contributed by atoms with Crippen LogP contribution in [0.5, 0.6) is 5.75 Å². The fourth-order valence-electron chi connectivity index (χ4n) is 4.39. The summed E-state index contributed by atoms with van der Waals surface area (Å²) in [5.74, 6) is 0.809. The van der Waals surface area contributed by atoms with E-state index in [1.165, 1.54) is 6.07 Å². The van der Waals surface area contributed by atoms with Gasteiger partial charge in [0.2, 0.25) is 0 Å². The number of ketones is 1. The van der Waals surface area contributed by atoms with Gasteiger partial charge in [-0.15, -0.1) is 0 Å². The molecule has 2 unspecified atom stereocenters. The molecule has 1 aliphatic carbocycles. The quantitative estimate of drug-likeness (QED) is 0.566. The zero-order valence-corrected chi connectivity index (χ0v) is 17.7. The Morgan fingerprint density at radius 2 is 1.97 bits per heavy atom. The third kappa shape index (κ3) is 4.78. The standard InChI is InChI=1S/C24H30O5/c1-16(5-9-20-23(2,3)21(25)11-13-24(20,4)27)12-14-28-18-8-6-17-7-10-22(26)29-19(17)15-18/h6-8,10,12,15,20,27H,5,9,11,13-14H2,1-4H3. The van der Waals surface area contributed by atoms with Crippen LogP contribution >= 0.6 is 0 Å². The number of carbonyl (C=O) groups excluding carboxylic acids is 1. The third-order valence-electron chi connectivity index (χ3n) is 6.30. The molecule has 156 valence electrons. The van der Waals surface area contributed by atoms with Crippen molar-refractivity contribution in [3.8, 4) is 5.75 Å². The van der Waals surface area contributed by atoms with Crippen LogP contribution in [0.25, 0.3) is 11.0 Å². The minimum Gasteiger partial charge on any atom is -0.489 e. The van der Waals surface area contributed by atoms with Gasteiger partial charge in [-0.05, 0) is 63.3 Å². The lowest BCUT2D eigenvalue weighted by atomic mass is 9.59. The minimum absolute atomic E-state index is 0.0658. The highest BCUT2D eigenvalue weighted by Crippen LogP contribution is 2.46. The molecule has 0 saturated heterocycles. The Morgan fingerprint density at radius 1 is 1.24 bits per heavy atom. The summed E-state index contributed by atoms with van der Waals surface area (Å²) in [5, 5.41) is 11.7. The molecule has 0 spiro atoms. The molecule has 1 N–H and O–H groups in total. The molecule has 5 nitrogen and oxygen atoms in total. The number of aliphatic hydroxyl groups is 1. The maximum atomic E-state index is 12.3. The highest BCUT2D eigenvalue weighted by molar-refractivity contribution is 5.85. The molecule has 1 aromatic heterocycles. The lowest BCUT2D eigenvalue weighted by Gasteiger charge is -2.47. The zero-order chi connectivity index (χ0) is 21.2. The topological polar surface area (TPSA) is 76.7 Å². The Balaban J connectivity index is 1.59. The lowest BCUT2D eigenvalue weighted by molar-refractivity contribution is -0.149. The summed E-state index contributed by atoms with van der Waals surface area (Å²) in [6.07, 6.45) is 4.55. The second-order valence-electron chi connectivity index (χ2n) is 8.91. The fourth-order valence-corrected chi connectivity index (χ4v) is 4.39. The number of hydrogen-bond acceptors (Lipinski definition) is 5. The first-order valence-corrected chi connectivity index (χ1v) is 10.2. The average Bonchev–Trinajstić information content (AvgIpc) is 2.64. The third-order valence-corrected chi connectivity index (χ3v) is 6.30. The number of allylic oxidation sites excluding steroid dienone is 1. The van der Waals surface area contributed by atoms with Crippen molar-refractivity contribution in [2.75, 3.05) is 6.61 Å². The summed E-state index contributed by atoms with van der Waals surface area (Å²) < 4.78 is 11.0. The number of carbonyl (C=O) groups is 1. The van der Waals surface area contributed by atoms with Gasteiger partial charge in [0, 0.05) is 29.4 Å². The molecule has 3 rings (SSSR count). The number of ether oxygens (including phenoxy) is 1. The van der Waals surface area contributed by atoms with Gasteiger partial charge in [-0.1, -0.05) is 19.4 Å². The SMILES string of the molecule is CC(=CCOc1ccc2ccc(=O)oc2c1)CCC1C(C)(O)CCC(=O)C1(C)C. The Kier molecular flexibility index (Phi) is 5.99. The van der Waals surface area contributed by atoms with Gasteiger partial charge in [0.05, 0.1) is 5.60 Å². The Morgan fingerprint density at radius 3 is 2.72 bits per heavy atom. The van der Waals surface area contributed by atoms with Crippen LogP contribution < -0.4 is 10.4 Å². The monoisotopic (exact) mass is 398 g/mol. The smallest absolute Gasteiger partial charge is 0.336 e. The number of hydrogen-bond donors (Lipinski definition) is 1. The van der Waals surface area contributed by atoms with Gasteiger partial charge < -0.3 is 14.3 Å². The largest absolute Gasteiger partial charge is 0.489 e. The summed E-state index contributed by atoms with van der Waals surface area (Å²) in [4.78, 5) is 23.7. The second kappa shape index (κ2) is 8.15. The van der Waals surface area contributed by atoms with Crippen molar-refractivity contribution >= 4 is 16.8 Å². The van der Waals surface area contributed by atoms with Crippen molar-refractivity contribution in [3.05, 3.63) is 52.4 Å². The normalized spacial score (nSPS) is 24.7. The van der Waals surface area contributed by atoms with E-state index in [4.69, 9.17) is 9.15 Å². The van der Waals surface area contributed by atoms with Gasteiger partial charge in [-0.25, -0.2) is 4.79 Å². The Bertz CT molecular complexity index is 980. The van der Waals surface area contributed by atoms with Crippen LogP contribution in [-0.2, 0) is 4.79 Å². The fraction of sp³-hybridized carbons (Fsp3) is 0.500. The van der Waals surface area contributed by atoms with Gasteiger partial charge >= 0.3 is 5.63 Å². The van der Waals surface area contributed by atoms with E-state index in [9.17, 15) is 14.7 Å². The number of fused-ring (bicyclic) bond motifs is 1. The van der Waals surface area contributed by atoms with Gasteiger partial charge in [-0.3, -0.25) is 4.79 Å². The van der Waals surface area contributed by atoms with Gasteiger partial charge in [0.1, 0.15) is 23.7 Å². The van der Waals surface area contributed by atoms with E-state index >= 15 is 0 Å². The van der Waals surface area contributed by atoms with Gasteiger partial charge in [-0.2, -0.15) is 0 Å². The Hall–Kier alpha value is -2.40. The zero-order valence-electron chi connectivity index (χ0n) is 17.7. The Labute approximate surface area is 171 Å². The molecular formula is C24H30O5. The molecule has 0 amide bonds. The minimum atomic E-state index is -0.816. The van der Waals surface area contributed by atoms with E-state index < -0.39 is 11.0 Å². The maximum absolute atomic E-state index is 12.3. The maximum Gasteiger partial charge on any atom is 0.336 e. The molecular weight excluding hydrogens is 368 g/mol. The van der Waals surface area contributed by atoms with Crippen LogP contribution in [0.4, 0.5) is 0 Å². The molecule has 1 fully saturated rings. The van der Waals surface area contributed by atoms with Crippen LogP contribution in [0, 0.1) is 11.3 Å². The van der Waals surface area contributed by atoms with Crippen molar-refractivity contribution in [2.24, 2.45) is 11.3 Å². The first-order valence-electron chi connectivity index (χ1n) is 10.2. The van der Waals surface area contributed by atoms with Crippen LogP contribution in [0.3, 0.4) is 0 Å². The van der Waals surface area contributed by atoms with Crippen LogP contribution in [-0.4, -0.2) is 23.1 Å². The van der Waals surface area contributed by atoms with Crippen LogP contribution in [0.1, 0.15) is 53.4 Å². The summed E-state index contributed by atoms with van der Waals surface area (Å²) in [7, 11) is 0. The van der Waals surface area contributed by atoms with Gasteiger partial charge in [0.15, 0.2) is 0 Å². The number of benzene rings is 1. The summed E-state index contributed by atoms with van der Waals surface area (Å²) in [6, 6.07) is 8.54. The van der Waals surface area contributed by atoms with Gasteiger partial charge in [0.25, 0.3) is 0 Å². The predicted molar refractivity (Wildman–Crippen MR) is 113 cm³/mol. The second-order valence-corrected chi connectivity index (χ2v) is 8.91. The van der Waals surface area contributed by atoms with Crippen LogP contribution in [0.2, 0.25) is 0 Å². The molecule has 1 heterocycles. The molecule has 2 atom stereocenters. The molecule has 0 radical (unpaired) electrons. The summed E-state index contributed by atoms with van der Waals surface area (Å²) >= 11 is 0. The predicted octanol–water partition coefficient (Wildman–Crippen LogP) is 4.65. The molecule has 5 heteroatoms. The number of Topliss-reactive ketones (excluding diaryl/α,β-unsaturated/α-hetero) is 1. The van der Waals surface area contributed by atoms with E-state index in [-0.39, 0.29) is 17.3 Å². The highest BCUT2D eigenvalue weighted by atomic mass is 16.5. The van der Waals surface area contributed by atoms with E-state index in [0.717, 1.165) is 23.8 Å². The molecule has 2 aromatic rings. The van der Waals surface area contributed by atoms with E-state index in [1.807, 2.05) is 45.9 Å². The van der Waals surface area contributed by atoms with Crippen LogP contribution in [0.15, 0.2) is 51.2 Å². The first-order chi connectivity index (χ1) is 13.6. The number of rotatable bonds is 6. The lowest BCUT2D eigenvalue weighted by Crippen LogP contribution is -2.51. The summed E-state index contributed by atoms with van der Waals surface area (Å²) in [6.45, 7) is 8.20. The molecule has 1 aliphatic rings. The van der Waals surface area contributed by atoms with Crippen molar-refractivity contribution in [3.63, 3.8) is 0 Å². The summed E-state index contributed by atoms with van der Waals surface area (Å²) in [5.41, 5.74) is -0.0500. The molecule has 29 heavy (non-hydrogen) atoms. The van der Waals surface area contributed by atoms with Crippen molar-refractivity contribution in [1.29, 1.82) is 0 Å². The highest BCUT2D eigenvalue weighted by Gasteiger charge is 2.49. The molecule has 1 aromatic carbocycles. The van der Waals surface area contributed by atoms with E-state index in [0.29, 0.717) is 30.8 Å². The van der Waals surface area contributed by atoms with Crippen molar-refractivity contribution in [2.45, 2.75) is 59.0 Å². The first kappa shape index (κ1) is 21.3. The van der Waals surface area contributed by atoms with E-state index in [2.05, 4.69) is 0 Å². The molecule has 0 aliphatic heterocycles. The van der Waals surface area contributed by atoms with Crippen molar-refractivity contribution in [1.82, 2.24) is 0 Å². The van der Waals surface area contributed by atoms with Crippen molar-refractivity contribution < 1.29 is 19.1 Å².